The first-order valence-electron chi connectivity index (χ1n) is 8.34. The zero-order valence-electron chi connectivity index (χ0n) is 14.9. The van der Waals surface area contributed by atoms with Gasteiger partial charge >= 0.3 is 5.97 Å². The minimum atomic E-state index is -0.697. The summed E-state index contributed by atoms with van der Waals surface area (Å²) in [7, 11) is 0. The van der Waals surface area contributed by atoms with Crippen LogP contribution in [0.3, 0.4) is 0 Å². The van der Waals surface area contributed by atoms with Crippen LogP contribution in [-0.2, 0) is 20.9 Å². The van der Waals surface area contributed by atoms with Crippen LogP contribution in [0, 0.1) is 10.1 Å². The Hall–Kier alpha value is -3.42. The average molecular weight is 372 g/mol. The van der Waals surface area contributed by atoms with Gasteiger partial charge in [0, 0.05) is 25.2 Å². The molecular formula is C19H20N2O6. The molecule has 27 heavy (non-hydrogen) atoms. The van der Waals surface area contributed by atoms with Crippen LogP contribution in [0.4, 0.5) is 5.69 Å². The van der Waals surface area contributed by atoms with E-state index in [9.17, 15) is 19.7 Å². The van der Waals surface area contributed by atoms with Crippen molar-refractivity contribution in [3.8, 4) is 5.75 Å². The summed E-state index contributed by atoms with van der Waals surface area (Å²) in [4.78, 5) is 35.6. The second kappa shape index (κ2) is 9.91. The molecule has 0 atom stereocenters. The first-order valence-corrected chi connectivity index (χ1v) is 8.34. The number of likely N-dealkylation sites (N-methyl/N-ethyl adjacent to an activating group) is 1. The molecule has 0 aromatic heterocycles. The third-order valence-corrected chi connectivity index (χ3v) is 3.71. The van der Waals surface area contributed by atoms with Gasteiger partial charge in [0.25, 0.3) is 11.6 Å². The van der Waals surface area contributed by atoms with Crippen molar-refractivity contribution in [1.29, 1.82) is 0 Å². The van der Waals surface area contributed by atoms with Crippen LogP contribution in [0.25, 0.3) is 0 Å². The summed E-state index contributed by atoms with van der Waals surface area (Å²) in [6, 6.07) is 14.8. The van der Waals surface area contributed by atoms with E-state index in [1.54, 1.807) is 4.90 Å². The van der Waals surface area contributed by atoms with E-state index in [4.69, 9.17) is 9.47 Å². The summed E-state index contributed by atoms with van der Waals surface area (Å²) < 4.78 is 10.1. The number of hydrogen-bond acceptors (Lipinski definition) is 6. The van der Waals surface area contributed by atoms with Crippen molar-refractivity contribution in [1.82, 2.24) is 4.90 Å². The largest absolute Gasteiger partial charge is 0.482 e. The number of esters is 1. The van der Waals surface area contributed by atoms with Gasteiger partial charge in [-0.2, -0.15) is 0 Å². The predicted octanol–water partition coefficient (Wildman–Crippen LogP) is 2.57. The molecule has 0 spiro atoms. The van der Waals surface area contributed by atoms with E-state index >= 15 is 0 Å². The SMILES string of the molecule is CCN(Cc1ccccc1)C(=O)COC(=O)COc1ccc([N+](=O)[O-])cc1. The fraction of sp³-hybridized carbons (Fsp3) is 0.263. The number of amides is 1. The van der Waals surface area contributed by atoms with E-state index < -0.39 is 17.5 Å². The Bertz CT molecular complexity index is 777. The number of benzene rings is 2. The minimum Gasteiger partial charge on any atom is -0.482 e. The van der Waals surface area contributed by atoms with Crippen LogP contribution < -0.4 is 4.74 Å². The lowest BCUT2D eigenvalue weighted by atomic mass is 10.2. The maximum atomic E-state index is 12.2. The molecule has 8 nitrogen and oxygen atoms in total. The second-order valence-corrected chi connectivity index (χ2v) is 5.59. The molecule has 1 amide bonds. The van der Waals surface area contributed by atoms with Crippen LogP contribution in [-0.4, -0.2) is 41.5 Å². The first-order chi connectivity index (χ1) is 13.0. The van der Waals surface area contributed by atoms with Gasteiger partial charge in [-0.3, -0.25) is 14.9 Å². The Morgan fingerprint density at radius 2 is 1.70 bits per heavy atom. The number of nitrogens with zero attached hydrogens (tertiary/aromatic N) is 2. The summed E-state index contributed by atoms with van der Waals surface area (Å²) in [5.74, 6) is -0.703. The van der Waals surface area contributed by atoms with Gasteiger partial charge in [-0.05, 0) is 24.6 Å². The number of hydrogen-bond donors (Lipinski definition) is 0. The Morgan fingerprint density at radius 3 is 2.30 bits per heavy atom. The lowest BCUT2D eigenvalue weighted by Gasteiger charge is -2.20. The molecule has 2 aromatic carbocycles. The zero-order chi connectivity index (χ0) is 19.6. The smallest absolute Gasteiger partial charge is 0.344 e. The standard InChI is InChI=1S/C19H20N2O6/c1-2-20(12-15-6-4-3-5-7-15)18(22)13-27-19(23)14-26-17-10-8-16(9-11-17)21(24)25/h3-11H,2,12-14H2,1H3. The van der Waals surface area contributed by atoms with Crippen LogP contribution in [0.1, 0.15) is 12.5 Å². The normalized spacial score (nSPS) is 10.1. The topological polar surface area (TPSA) is 99.0 Å². The van der Waals surface area contributed by atoms with Gasteiger partial charge in [0.05, 0.1) is 4.92 Å². The van der Waals surface area contributed by atoms with E-state index in [0.29, 0.717) is 18.8 Å². The molecular weight excluding hydrogens is 352 g/mol. The summed E-state index contributed by atoms with van der Waals surface area (Å²) in [5, 5.41) is 10.6. The Balaban J connectivity index is 1.76. The Kier molecular flexibility index (Phi) is 7.30. The van der Waals surface area contributed by atoms with Crippen LogP contribution in [0.15, 0.2) is 54.6 Å². The number of ether oxygens (including phenoxy) is 2. The highest BCUT2D eigenvalue weighted by Gasteiger charge is 2.15. The minimum absolute atomic E-state index is 0.0754. The van der Waals surface area contributed by atoms with E-state index in [2.05, 4.69) is 0 Å². The Labute approximate surface area is 156 Å². The van der Waals surface area contributed by atoms with E-state index in [1.807, 2.05) is 37.3 Å². The number of non-ortho nitro benzene ring substituents is 1. The number of carbonyl (C=O) groups excluding carboxylic acids is 2. The second-order valence-electron chi connectivity index (χ2n) is 5.59. The summed E-state index contributed by atoms with van der Waals surface area (Å²) in [6.45, 7) is 2.01. The van der Waals surface area contributed by atoms with Gasteiger partial charge in [-0.1, -0.05) is 30.3 Å². The third kappa shape index (κ3) is 6.43. The molecule has 0 bridgehead atoms. The molecule has 8 heteroatoms. The van der Waals surface area contributed by atoms with Crippen molar-refractivity contribution < 1.29 is 24.0 Å². The highest BCUT2D eigenvalue weighted by molar-refractivity contribution is 5.81. The molecule has 2 aromatic rings. The number of nitro benzene ring substituents is 1. The molecule has 0 fully saturated rings. The average Bonchev–Trinajstić information content (AvgIpc) is 2.69. The van der Waals surface area contributed by atoms with Gasteiger partial charge < -0.3 is 14.4 Å². The molecule has 0 aliphatic carbocycles. The van der Waals surface area contributed by atoms with Gasteiger partial charge in [-0.25, -0.2) is 4.79 Å². The number of carbonyl (C=O) groups is 2. The highest BCUT2D eigenvalue weighted by atomic mass is 16.6. The van der Waals surface area contributed by atoms with Gasteiger partial charge in [-0.15, -0.1) is 0 Å². The molecule has 0 N–H and O–H groups in total. The lowest BCUT2D eigenvalue weighted by molar-refractivity contribution is -0.384. The van der Waals surface area contributed by atoms with Gasteiger partial charge in [0.1, 0.15) is 5.75 Å². The molecule has 2 rings (SSSR count). The molecule has 0 heterocycles. The fourth-order valence-corrected chi connectivity index (χ4v) is 2.26. The van der Waals surface area contributed by atoms with Crippen molar-refractivity contribution in [2.24, 2.45) is 0 Å². The van der Waals surface area contributed by atoms with Gasteiger partial charge in [0.15, 0.2) is 13.2 Å². The molecule has 0 unspecified atom stereocenters. The molecule has 0 aliphatic rings. The first kappa shape index (κ1) is 19.9. The summed E-state index contributed by atoms with van der Waals surface area (Å²) in [5.41, 5.74) is 0.911. The summed E-state index contributed by atoms with van der Waals surface area (Å²) in [6.07, 6.45) is 0. The van der Waals surface area contributed by atoms with Crippen molar-refractivity contribution in [3.63, 3.8) is 0 Å². The molecule has 0 radical (unpaired) electrons. The Morgan fingerprint density at radius 1 is 1.04 bits per heavy atom. The highest BCUT2D eigenvalue weighted by Crippen LogP contribution is 2.17. The van der Waals surface area contributed by atoms with Crippen LogP contribution in [0.5, 0.6) is 5.75 Å². The van der Waals surface area contributed by atoms with E-state index in [-0.39, 0.29) is 18.2 Å². The van der Waals surface area contributed by atoms with Crippen LogP contribution >= 0.6 is 0 Å². The van der Waals surface area contributed by atoms with Crippen molar-refractivity contribution >= 4 is 17.6 Å². The maximum absolute atomic E-state index is 12.2. The number of rotatable bonds is 9. The quantitative estimate of drug-likeness (QED) is 0.381. The van der Waals surface area contributed by atoms with Crippen molar-refractivity contribution in [2.45, 2.75) is 13.5 Å². The lowest BCUT2D eigenvalue weighted by Crippen LogP contribution is -2.34. The monoisotopic (exact) mass is 372 g/mol. The molecule has 0 saturated heterocycles. The predicted molar refractivity (Wildman–Crippen MR) is 97.1 cm³/mol. The third-order valence-electron chi connectivity index (χ3n) is 3.71. The van der Waals surface area contributed by atoms with Crippen LogP contribution in [0.2, 0.25) is 0 Å². The van der Waals surface area contributed by atoms with Crippen molar-refractivity contribution in [3.05, 3.63) is 70.3 Å². The molecule has 142 valence electrons. The zero-order valence-corrected chi connectivity index (χ0v) is 14.9. The fourth-order valence-electron chi connectivity index (χ4n) is 2.26. The van der Waals surface area contributed by atoms with E-state index in [0.717, 1.165) is 5.56 Å². The van der Waals surface area contributed by atoms with Gasteiger partial charge in [0.2, 0.25) is 0 Å². The number of nitro groups is 1. The molecule has 0 aliphatic heterocycles. The molecule has 0 saturated carbocycles. The van der Waals surface area contributed by atoms with Crippen molar-refractivity contribution in [2.75, 3.05) is 19.8 Å². The summed E-state index contributed by atoms with van der Waals surface area (Å²) >= 11 is 0. The van der Waals surface area contributed by atoms with E-state index in [1.165, 1.54) is 24.3 Å². The maximum Gasteiger partial charge on any atom is 0.344 e.